The molecule has 0 aliphatic carbocycles. The van der Waals surface area contributed by atoms with Gasteiger partial charge >= 0.3 is 6.18 Å². The van der Waals surface area contributed by atoms with Crippen molar-refractivity contribution in [2.45, 2.75) is 24.4 Å². The Morgan fingerprint density at radius 1 is 1.15 bits per heavy atom. The van der Waals surface area contributed by atoms with Crippen molar-refractivity contribution in [2.75, 3.05) is 18.0 Å². The smallest absolute Gasteiger partial charge is 0.355 e. The van der Waals surface area contributed by atoms with Crippen LogP contribution in [-0.4, -0.2) is 39.4 Å². The van der Waals surface area contributed by atoms with Crippen LogP contribution in [0.4, 0.5) is 19.0 Å². The van der Waals surface area contributed by atoms with E-state index in [2.05, 4.69) is 20.1 Å². The lowest BCUT2D eigenvalue weighted by molar-refractivity contribution is -0.191. The summed E-state index contributed by atoms with van der Waals surface area (Å²) in [4.78, 5) is 13.8. The lowest BCUT2D eigenvalue weighted by Crippen LogP contribution is -2.45. The van der Waals surface area contributed by atoms with Crippen LogP contribution >= 0.6 is 0 Å². The van der Waals surface area contributed by atoms with Crippen molar-refractivity contribution in [3.05, 3.63) is 66.2 Å². The lowest BCUT2D eigenvalue weighted by atomic mass is 9.86. The minimum atomic E-state index is -4.52. The fourth-order valence-electron chi connectivity index (χ4n) is 3.28. The van der Waals surface area contributed by atoms with Crippen molar-refractivity contribution in [3.63, 3.8) is 0 Å². The summed E-state index contributed by atoms with van der Waals surface area (Å²) < 4.78 is 47.2. The Hall–Kier alpha value is -2.97. The Balaban J connectivity index is 1.62. The first-order valence-corrected chi connectivity index (χ1v) is 8.43. The van der Waals surface area contributed by atoms with Gasteiger partial charge in [0, 0.05) is 38.1 Å². The van der Waals surface area contributed by atoms with Crippen LogP contribution in [0.3, 0.4) is 0 Å². The number of nitrogens with zero attached hydrogens (tertiary/aromatic N) is 5. The van der Waals surface area contributed by atoms with E-state index < -0.39 is 17.5 Å². The molecular formula is C18H16F3N5O. The van der Waals surface area contributed by atoms with Gasteiger partial charge in [0.1, 0.15) is 5.82 Å². The maximum Gasteiger partial charge on any atom is 0.405 e. The first-order chi connectivity index (χ1) is 13.0. The van der Waals surface area contributed by atoms with Crippen molar-refractivity contribution in [1.82, 2.24) is 20.1 Å². The summed E-state index contributed by atoms with van der Waals surface area (Å²) in [6.45, 7) is -0.0983. The maximum atomic E-state index is 14.0. The van der Waals surface area contributed by atoms with Crippen molar-refractivity contribution in [1.29, 1.82) is 0 Å². The minimum absolute atomic E-state index is 0.165. The van der Waals surface area contributed by atoms with E-state index in [1.807, 2.05) is 0 Å². The van der Waals surface area contributed by atoms with Gasteiger partial charge in [0.25, 0.3) is 0 Å². The van der Waals surface area contributed by atoms with E-state index in [0.29, 0.717) is 5.82 Å². The van der Waals surface area contributed by atoms with Crippen LogP contribution in [0.25, 0.3) is 0 Å². The second kappa shape index (κ2) is 6.64. The lowest BCUT2D eigenvalue weighted by Gasteiger charge is -2.28. The fourth-order valence-corrected chi connectivity index (χ4v) is 3.28. The Morgan fingerprint density at radius 3 is 2.74 bits per heavy atom. The van der Waals surface area contributed by atoms with Crippen LogP contribution in [0.5, 0.6) is 0 Å². The number of hydrogen-bond acceptors (Lipinski definition) is 6. The first kappa shape index (κ1) is 17.4. The first-order valence-electron chi connectivity index (χ1n) is 8.43. The maximum absolute atomic E-state index is 14.0. The number of hydrogen-bond donors (Lipinski definition) is 0. The van der Waals surface area contributed by atoms with Crippen molar-refractivity contribution < 1.29 is 17.7 Å². The topological polar surface area (TPSA) is 67.9 Å². The molecule has 140 valence electrons. The molecule has 0 amide bonds. The van der Waals surface area contributed by atoms with Crippen LogP contribution in [0.15, 0.2) is 53.4 Å². The average Bonchev–Trinajstić information content (AvgIpc) is 3.31. The van der Waals surface area contributed by atoms with Crippen LogP contribution in [0.1, 0.15) is 23.7 Å². The van der Waals surface area contributed by atoms with Gasteiger partial charge in [-0.15, -0.1) is 0 Å². The van der Waals surface area contributed by atoms with Gasteiger partial charge in [-0.25, -0.2) is 4.98 Å². The Kier molecular flexibility index (Phi) is 4.29. The summed E-state index contributed by atoms with van der Waals surface area (Å²) in [5.41, 5.74) is -1.41. The monoisotopic (exact) mass is 375 g/mol. The zero-order valence-electron chi connectivity index (χ0n) is 14.2. The van der Waals surface area contributed by atoms with Crippen LogP contribution in [0.2, 0.25) is 0 Å². The number of halogens is 3. The molecule has 1 fully saturated rings. The molecule has 27 heavy (non-hydrogen) atoms. The molecule has 1 atom stereocenters. The number of alkyl halides is 3. The van der Waals surface area contributed by atoms with Crippen molar-refractivity contribution in [3.8, 4) is 0 Å². The molecule has 6 nitrogen and oxygen atoms in total. The van der Waals surface area contributed by atoms with Gasteiger partial charge < -0.3 is 9.42 Å². The minimum Gasteiger partial charge on any atom is -0.355 e. The molecular weight excluding hydrogens is 359 g/mol. The molecule has 0 saturated carbocycles. The van der Waals surface area contributed by atoms with Crippen molar-refractivity contribution >= 4 is 5.82 Å². The number of aromatic nitrogens is 4. The van der Waals surface area contributed by atoms with E-state index in [9.17, 15) is 13.2 Å². The van der Waals surface area contributed by atoms with Gasteiger partial charge in [0.2, 0.25) is 5.89 Å². The second-order valence-electron chi connectivity index (χ2n) is 6.49. The summed E-state index contributed by atoms with van der Waals surface area (Å²) in [6, 6.07) is 8.71. The Labute approximate surface area is 153 Å². The molecule has 3 aromatic rings. The summed E-state index contributed by atoms with van der Waals surface area (Å²) in [5, 5.41) is 3.76. The van der Waals surface area contributed by atoms with Gasteiger partial charge in [-0.2, -0.15) is 18.2 Å². The van der Waals surface area contributed by atoms with Gasteiger partial charge in [-0.3, -0.25) is 4.98 Å². The molecule has 0 aromatic carbocycles. The van der Waals surface area contributed by atoms with Gasteiger partial charge in [-0.05, 0) is 30.2 Å². The Bertz CT molecular complexity index is 900. The van der Waals surface area contributed by atoms with Crippen LogP contribution < -0.4 is 4.90 Å². The molecule has 9 heteroatoms. The van der Waals surface area contributed by atoms with Gasteiger partial charge in [0.05, 0.1) is 0 Å². The third kappa shape index (κ3) is 3.24. The third-order valence-electron chi connectivity index (χ3n) is 4.75. The van der Waals surface area contributed by atoms with E-state index in [4.69, 9.17) is 4.52 Å². The zero-order valence-corrected chi connectivity index (χ0v) is 14.2. The predicted octanol–water partition coefficient (Wildman–Crippen LogP) is 3.16. The highest BCUT2D eigenvalue weighted by atomic mass is 19.4. The molecule has 0 N–H and O–H groups in total. The summed E-state index contributed by atoms with van der Waals surface area (Å²) in [7, 11) is 0. The van der Waals surface area contributed by atoms with E-state index >= 15 is 0 Å². The molecule has 1 saturated heterocycles. The highest BCUT2D eigenvalue weighted by Gasteiger charge is 2.63. The molecule has 4 rings (SSSR count). The van der Waals surface area contributed by atoms with Crippen LogP contribution in [-0.2, 0) is 11.8 Å². The molecule has 1 aliphatic heterocycles. The molecule has 0 spiro atoms. The summed E-state index contributed by atoms with van der Waals surface area (Å²) >= 11 is 0. The molecule has 0 bridgehead atoms. The van der Waals surface area contributed by atoms with Crippen molar-refractivity contribution in [2.24, 2.45) is 0 Å². The summed E-state index contributed by atoms with van der Waals surface area (Å²) in [6.07, 6.45) is 0.371. The quantitative estimate of drug-likeness (QED) is 0.698. The van der Waals surface area contributed by atoms with E-state index in [0.717, 1.165) is 5.56 Å². The third-order valence-corrected chi connectivity index (χ3v) is 4.75. The molecule has 3 aromatic heterocycles. The normalized spacial score (nSPS) is 20.2. The second-order valence-corrected chi connectivity index (χ2v) is 6.49. The molecule has 4 heterocycles. The van der Waals surface area contributed by atoms with E-state index in [1.165, 1.54) is 0 Å². The fraction of sp³-hybridized carbons (Fsp3) is 0.333. The van der Waals surface area contributed by atoms with Crippen LogP contribution in [0, 0.1) is 0 Å². The highest BCUT2D eigenvalue weighted by molar-refractivity contribution is 5.42. The number of rotatable bonds is 4. The molecule has 1 unspecified atom stereocenters. The Morgan fingerprint density at radius 2 is 2.04 bits per heavy atom. The number of anilines is 1. The SMILES string of the molecule is FC(F)(F)C1(c2nc(Cc3cccnc3)no2)CCN(c2ccccn2)C1. The highest BCUT2D eigenvalue weighted by Crippen LogP contribution is 2.47. The summed E-state index contributed by atoms with van der Waals surface area (Å²) in [5.74, 6) is 0.309. The van der Waals surface area contributed by atoms with E-state index in [1.54, 1.807) is 53.8 Å². The largest absolute Gasteiger partial charge is 0.405 e. The van der Waals surface area contributed by atoms with Gasteiger partial charge in [0.15, 0.2) is 11.2 Å². The van der Waals surface area contributed by atoms with E-state index in [-0.39, 0.29) is 31.8 Å². The average molecular weight is 375 g/mol. The number of pyridine rings is 2. The predicted molar refractivity (Wildman–Crippen MR) is 90.1 cm³/mol. The molecule has 0 radical (unpaired) electrons. The zero-order chi connectivity index (χ0) is 18.9. The standard InChI is InChI=1S/C18H16F3N5O/c19-18(20,21)17(6-9-26(12-17)15-5-1-2-8-23-15)16-24-14(25-27-16)10-13-4-3-7-22-11-13/h1-5,7-8,11H,6,9-10,12H2. The van der Waals surface area contributed by atoms with Gasteiger partial charge in [-0.1, -0.05) is 17.3 Å². The molecule has 1 aliphatic rings.